The fourth-order valence-electron chi connectivity index (χ4n) is 4.43. The molecule has 1 unspecified atom stereocenters. The van der Waals surface area contributed by atoms with Crippen molar-refractivity contribution in [2.75, 3.05) is 0 Å². The first-order valence-corrected chi connectivity index (χ1v) is 11.7. The van der Waals surface area contributed by atoms with E-state index in [4.69, 9.17) is 5.26 Å². The molecule has 0 aliphatic carbocycles. The number of amides is 1. The van der Waals surface area contributed by atoms with Gasteiger partial charge in [-0.25, -0.2) is 9.37 Å². The SMILES string of the molecule is N#CCCn1cc(/C=C/C(=O)NC(Cn2cnc3ccccc32)c2ccc(F)cc2)c2ccccc21. The zero-order chi connectivity index (χ0) is 24.9. The van der Waals surface area contributed by atoms with Crippen molar-refractivity contribution in [3.8, 4) is 6.07 Å². The van der Waals surface area contributed by atoms with Gasteiger partial charge in [-0.2, -0.15) is 5.26 Å². The van der Waals surface area contributed by atoms with Gasteiger partial charge in [0.25, 0.3) is 0 Å². The summed E-state index contributed by atoms with van der Waals surface area (Å²) in [5.41, 5.74) is 4.54. The zero-order valence-electron chi connectivity index (χ0n) is 19.5. The molecule has 6 nitrogen and oxygen atoms in total. The van der Waals surface area contributed by atoms with Crippen molar-refractivity contribution in [2.45, 2.75) is 25.6 Å². The monoisotopic (exact) mass is 477 g/mol. The number of aryl methyl sites for hydroxylation is 1. The van der Waals surface area contributed by atoms with Gasteiger partial charge in [-0.15, -0.1) is 0 Å². The van der Waals surface area contributed by atoms with Gasteiger partial charge >= 0.3 is 0 Å². The number of nitrogens with zero attached hydrogens (tertiary/aromatic N) is 4. The van der Waals surface area contributed by atoms with E-state index in [9.17, 15) is 9.18 Å². The Kier molecular flexibility index (Phi) is 6.59. The Morgan fingerprint density at radius 1 is 1.03 bits per heavy atom. The molecule has 2 heterocycles. The third kappa shape index (κ3) is 4.89. The fourth-order valence-corrected chi connectivity index (χ4v) is 4.43. The Bertz CT molecular complexity index is 1590. The number of nitriles is 1. The summed E-state index contributed by atoms with van der Waals surface area (Å²) >= 11 is 0. The lowest BCUT2D eigenvalue weighted by Crippen LogP contribution is -2.30. The number of nitrogens with one attached hydrogen (secondary N) is 1. The maximum atomic E-state index is 13.6. The van der Waals surface area contributed by atoms with E-state index in [1.165, 1.54) is 18.2 Å². The number of fused-ring (bicyclic) bond motifs is 2. The van der Waals surface area contributed by atoms with Gasteiger partial charge < -0.3 is 14.5 Å². The van der Waals surface area contributed by atoms with E-state index in [1.54, 1.807) is 24.5 Å². The van der Waals surface area contributed by atoms with Crippen molar-refractivity contribution in [1.29, 1.82) is 5.26 Å². The first-order chi connectivity index (χ1) is 17.6. The number of benzene rings is 3. The molecule has 5 aromatic rings. The second kappa shape index (κ2) is 10.3. The average molecular weight is 478 g/mol. The molecule has 36 heavy (non-hydrogen) atoms. The minimum atomic E-state index is -0.391. The molecule has 0 saturated heterocycles. The molecule has 0 saturated carbocycles. The maximum Gasteiger partial charge on any atom is 0.244 e. The number of carbonyl (C=O) groups is 1. The lowest BCUT2D eigenvalue weighted by molar-refractivity contribution is -0.117. The minimum absolute atomic E-state index is 0.261. The lowest BCUT2D eigenvalue weighted by atomic mass is 10.1. The van der Waals surface area contributed by atoms with E-state index in [-0.39, 0.29) is 11.7 Å². The number of carbonyl (C=O) groups excluding carboxylic acids is 1. The molecule has 0 fully saturated rings. The van der Waals surface area contributed by atoms with Gasteiger partial charge in [0.2, 0.25) is 5.91 Å². The predicted molar refractivity (Wildman–Crippen MR) is 138 cm³/mol. The molecule has 0 aliphatic rings. The van der Waals surface area contributed by atoms with Crippen LogP contribution in [0.1, 0.15) is 23.6 Å². The predicted octanol–water partition coefficient (Wildman–Crippen LogP) is 5.61. The summed E-state index contributed by atoms with van der Waals surface area (Å²) in [6.45, 7) is 1.03. The summed E-state index contributed by atoms with van der Waals surface area (Å²) in [6, 6.07) is 23.7. The van der Waals surface area contributed by atoms with E-state index >= 15 is 0 Å². The molecule has 3 aromatic carbocycles. The first-order valence-electron chi connectivity index (χ1n) is 11.7. The first kappa shape index (κ1) is 23.1. The molecule has 1 amide bonds. The Morgan fingerprint density at radius 2 is 1.78 bits per heavy atom. The van der Waals surface area contributed by atoms with Gasteiger partial charge in [-0.1, -0.05) is 42.5 Å². The number of rotatable bonds is 8. The Morgan fingerprint density at radius 3 is 2.58 bits per heavy atom. The Balaban J connectivity index is 1.40. The van der Waals surface area contributed by atoms with Crippen molar-refractivity contribution in [2.24, 2.45) is 0 Å². The van der Waals surface area contributed by atoms with Crippen LogP contribution in [0, 0.1) is 17.1 Å². The van der Waals surface area contributed by atoms with E-state index in [1.807, 2.05) is 63.9 Å². The van der Waals surface area contributed by atoms with Crippen LogP contribution in [-0.4, -0.2) is 20.0 Å². The summed E-state index contributed by atoms with van der Waals surface area (Å²) < 4.78 is 17.6. The quantitative estimate of drug-likeness (QED) is 0.295. The number of halogens is 1. The number of para-hydroxylation sites is 3. The average Bonchev–Trinajstić information content (AvgIpc) is 3.47. The molecule has 1 N–H and O–H groups in total. The minimum Gasteiger partial charge on any atom is -0.346 e. The number of aromatic nitrogens is 3. The van der Waals surface area contributed by atoms with Crippen LogP contribution in [0.3, 0.4) is 0 Å². The Hall–Kier alpha value is -4.70. The van der Waals surface area contributed by atoms with Crippen LogP contribution in [-0.2, 0) is 17.9 Å². The summed E-state index contributed by atoms with van der Waals surface area (Å²) in [6.07, 6.45) is 7.42. The van der Waals surface area contributed by atoms with Crippen LogP contribution in [0.25, 0.3) is 28.0 Å². The topological polar surface area (TPSA) is 75.6 Å². The van der Waals surface area contributed by atoms with Crippen molar-refractivity contribution >= 4 is 33.9 Å². The van der Waals surface area contributed by atoms with Crippen LogP contribution in [0.2, 0.25) is 0 Å². The molecule has 2 aromatic heterocycles. The van der Waals surface area contributed by atoms with E-state index in [0.717, 1.165) is 33.1 Å². The summed E-state index contributed by atoms with van der Waals surface area (Å²) in [7, 11) is 0. The molecule has 0 spiro atoms. The van der Waals surface area contributed by atoms with E-state index in [0.29, 0.717) is 19.5 Å². The number of hydrogen-bond donors (Lipinski definition) is 1. The number of imidazole rings is 1. The summed E-state index contributed by atoms with van der Waals surface area (Å²) in [5, 5.41) is 13.1. The van der Waals surface area contributed by atoms with Crippen LogP contribution in [0.15, 0.2) is 91.4 Å². The van der Waals surface area contributed by atoms with Gasteiger partial charge in [-0.3, -0.25) is 4.79 Å². The standard InChI is InChI=1S/C29H24FN5O/c30-23-13-10-21(11-14-23)26(19-35-20-32-25-7-2-4-9-28(25)35)33-29(36)15-12-22-18-34(17-5-16-31)27-8-3-1-6-24(22)27/h1-4,6-15,18,20,26H,5,17,19H2,(H,33,36)/b15-12+. The lowest BCUT2D eigenvalue weighted by Gasteiger charge is -2.19. The highest BCUT2D eigenvalue weighted by molar-refractivity contribution is 5.96. The molecule has 178 valence electrons. The highest BCUT2D eigenvalue weighted by atomic mass is 19.1. The van der Waals surface area contributed by atoms with Gasteiger partial charge in [-0.05, 0) is 42.0 Å². The van der Waals surface area contributed by atoms with Crippen molar-refractivity contribution in [1.82, 2.24) is 19.4 Å². The molecular weight excluding hydrogens is 453 g/mol. The normalized spacial score (nSPS) is 12.2. The van der Waals surface area contributed by atoms with E-state index < -0.39 is 6.04 Å². The van der Waals surface area contributed by atoms with Crippen LogP contribution >= 0.6 is 0 Å². The number of hydrogen-bond acceptors (Lipinski definition) is 3. The molecule has 0 aliphatic heterocycles. The largest absolute Gasteiger partial charge is 0.346 e. The molecule has 0 bridgehead atoms. The Labute approximate surface area is 207 Å². The molecule has 1 atom stereocenters. The van der Waals surface area contributed by atoms with Crippen molar-refractivity contribution < 1.29 is 9.18 Å². The molecule has 7 heteroatoms. The van der Waals surface area contributed by atoms with Crippen LogP contribution in [0.4, 0.5) is 4.39 Å². The van der Waals surface area contributed by atoms with E-state index in [2.05, 4.69) is 16.4 Å². The molecule has 5 rings (SSSR count). The fraction of sp³-hybridized carbons (Fsp3) is 0.138. The van der Waals surface area contributed by atoms with Crippen molar-refractivity contribution in [3.05, 3.63) is 108 Å². The van der Waals surface area contributed by atoms with Gasteiger partial charge in [0, 0.05) is 41.8 Å². The van der Waals surface area contributed by atoms with Crippen LogP contribution < -0.4 is 5.32 Å². The highest BCUT2D eigenvalue weighted by Gasteiger charge is 2.16. The third-order valence-corrected chi connectivity index (χ3v) is 6.19. The summed E-state index contributed by atoms with van der Waals surface area (Å²) in [5.74, 6) is -0.591. The zero-order valence-corrected chi connectivity index (χ0v) is 19.5. The van der Waals surface area contributed by atoms with Gasteiger partial charge in [0.1, 0.15) is 5.82 Å². The highest BCUT2D eigenvalue weighted by Crippen LogP contribution is 2.23. The summed E-state index contributed by atoms with van der Waals surface area (Å²) in [4.78, 5) is 17.5. The second-order valence-corrected chi connectivity index (χ2v) is 8.53. The van der Waals surface area contributed by atoms with Crippen LogP contribution in [0.5, 0.6) is 0 Å². The van der Waals surface area contributed by atoms with Crippen molar-refractivity contribution in [3.63, 3.8) is 0 Å². The molecule has 0 radical (unpaired) electrons. The maximum absolute atomic E-state index is 13.6. The van der Waals surface area contributed by atoms with Gasteiger partial charge in [0.15, 0.2) is 0 Å². The third-order valence-electron chi connectivity index (χ3n) is 6.19. The second-order valence-electron chi connectivity index (χ2n) is 8.53. The van der Waals surface area contributed by atoms with Gasteiger partial charge in [0.05, 0.1) is 35.9 Å². The smallest absolute Gasteiger partial charge is 0.244 e. The molecular formula is C29H24FN5O.